The van der Waals surface area contributed by atoms with E-state index in [0.717, 1.165) is 19.4 Å². The van der Waals surface area contributed by atoms with E-state index >= 15 is 0 Å². The van der Waals surface area contributed by atoms with Gasteiger partial charge in [-0.25, -0.2) is 0 Å². The zero-order chi connectivity index (χ0) is 13.0. The quantitative estimate of drug-likeness (QED) is 0.894. The van der Waals surface area contributed by atoms with Gasteiger partial charge in [0.1, 0.15) is 6.61 Å². The molecule has 2 rings (SSSR count). The number of rotatable bonds is 5. The molecule has 0 spiro atoms. The molecule has 1 unspecified atom stereocenters. The number of halogens is 1. The van der Waals surface area contributed by atoms with Crippen LogP contribution in [0.2, 0.25) is 5.02 Å². The molecular formula is C13H17ClO4. The Kier molecular flexibility index (Phi) is 4.69. The molecule has 4 nitrogen and oxygen atoms in total. The summed E-state index contributed by atoms with van der Waals surface area (Å²) in [5.74, 6) is 1.07. The Labute approximate surface area is 111 Å². The third kappa shape index (κ3) is 3.07. The number of aliphatic hydroxyl groups is 1. The molecule has 1 N–H and O–H groups in total. The van der Waals surface area contributed by atoms with E-state index in [4.69, 9.17) is 25.8 Å². The maximum Gasteiger partial charge on any atom is 0.166 e. The number of benzene rings is 1. The summed E-state index contributed by atoms with van der Waals surface area (Å²) in [6, 6.07) is 3.35. The molecule has 0 amide bonds. The van der Waals surface area contributed by atoms with Crippen molar-refractivity contribution >= 4 is 11.6 Å². The van der Waals surface area contributed by atoms with Gasteiger partial charge in [-0.1, -0.05) is 11.6 Å². The minimum Gasteiger partial charge on any atom is -0.493 e. The van der Waals surface area contributed by atoms with E-state index in [1.165, 1.54) is 0 Å². The minimum absolute atomic E-state index is 0.122. The van der Waals surface area contributed by atoms with Gasteiger partial charge >= 0.3 is 0 Å². The minimum atomic E-state index is -0.141. The lowest BCUT2D eigenvalue weighted by Gasteiger charge is -2.17. The van der Waals surface area contributed by atoms with Crippen molar-refractivity contribution in [3.63, 3.8) is 0 Å². The fourth-order valence-corrected chi connectivity index (χ4v) is 2.24. The van der Waals surface area contributed by atoms with Crippen LogP contribution in [0.3, 0.4) is 0 Å². The lowest BCUT2D eigenvalue weighted by atomic mass is 10.2. The SMILES string of the molecule is COc1cc(Cl)cc(CO)c1OCC1CCCO1. The zero-order valence-electron chi connectivity index (χ0n) is 10.3. The summed E-state index contributed by atoms with van der Waals surface area (Å²) in [6.07, 6.45) is 2.19. The van der Waals surface area contributed by atoms with Crippen LogP contribution in [0.1, 0.15) is 18.4 Å². The van der Waals surface area contributed by atoms with E-state index in [9.17, 15) is 5.11 Å². The molecule has 0 bridgehead atoms. The third-order valence-electron chi connectivity index (χ3n) is 2.92. The fraction of sp³-hybridized carbons (Fsp3) is 0.538. The van der Waals surface area contributed by atoms with Crippen molar-refractivity contribution in [2.24, 2.45) is 0 Å². The molecule has 1 heterocycles. The van der Waals surface area contributed by atoms with Crippen LogP contribution in [-0.4, -0.2) is 31.5 Å². The molecule has 1 atom stereocenters. The number of hydrogen-bond donors (Lipinski definition) is 1. The van der Waals surface area contributed by atoms with Gasteiger partial charge in [-0.3, -0.25) is 0 Å². The van der Waals surface area contributed by atoms with Crippen LogP contribution in [0.4, 0.5) is 0 Å². The van der Waals surface area contributed by atoms with Crippen molar-refractivity contribution in [1.82, 2.24) is 0 Å². The zero-order valence-corrected chi connectivity index (χ0v) is 11.1. The van der Waals surface area contributed by atoms with E-state index < -0.39 is 0 Å². The van der Waals surface area contributed by atoms with Crippen LogP contribution in [0.25, 0.3) is 0 Å². The largest absolute Gasteiger partial charge is 0.493 e. The Morgan fingerprint density at radius 1 is 1.50 bits per heavy atom. The monoisotopic (exact) mass is 272 g/mol. The summed E-state index contributed by atoms with van der Waals surface area (Å²) in [5, 5.41) is 9.84. The summed E-state index contributed by atoms with van der Waals surface area (Å²) in [5.41, 5.74) is 0.623. The van der Waals surface area contributed by atoms with Crippen molar-refractivity contribution in [2.45, 2.75) is 25.6 Å². The predicted octanol–water partition coefficient (Wildman–Crippen LogP) is 2.40. The van der Waals surface area contributed by atoms with Gasteiger partial charge < -0.3 is 19.3 Å². The number of ether oxygens (including phenoxy) is 3. The molecule has 1 fully saturated rings. The van der Waals surface area contributed by atoms with Gasteiger partial charge in [0.2, 0.25) is 0 Å². The first-order chi connectivity index (χ1) is 8.74. The molecule has 1 saturated heterocycles. The Hall–Kier alpha value is -0.970. The van der Waals surface area contributed by atoms with Gasteiger partial charge in [-0.15, -0.1) is 0 Å². The Morgan fingerprint density at radius 2 is 2.33 bits per heavy atom. The normalized spacial score (nSPS) is 18.9. The van der Waals surface area contributed by atoms with Crippen LogP contribution in [-0.2, 0) is 11.3 Å². The Balaban J connectivity index is 2.13. The lowest BCUT2D eigenvalue weighted by Crippen LogP contribution is -2.17. The standard InChI is InChI=1S/C13H17ClO4/c1-16-12-6-10(14)5-9(7-15)13(12)18-8-11-3-2-4-17-11/h5-6,11,15H,2-4,7-8H2,1H3. The molecule has 1 aliphatic rings. The molecule has 100 valence electrons. The van der Waals surface area contributed by atoms with E-state index in [1.54, 1.807) is 19.2 Å². The van der Waals surface area contributed by atoms with Crippen LogP contribution >= 0.6 is 11.6 Å². The van der Waals surface area contributed by atoms with Crippen molar-refractivity contribution in [1.29, 1.82) is 0 Å². The summed E-state index contributed by atoms with van der Waals surface area (Å²) >= 11 is 5.94. The summed E-state index contributed by atoms with van der Waals surface area (Å²) in [6.45, 7) is 1.11. The van der Waals surface area contributed by atoms with Crippen molar-refractivity contribution in [3.8, 4) is 11.5 Å². The van der Waals surface area contributed by atoms with Gasteiger partial charge in [0.15, 0.2) is 11.5 Å². The molecule has 0 saturated carbocycles. The molecule has 18 heavy (non-hydrogen) atoms. The van der Waals surface area contributed by atoms with Crippen molar-refractivity contribution in [3.05, 3.63) is 22.7 Å². The van der Waals surface area contributed by atoms with Gasteiger partial charge in [0.25, 0.3) is 0 Å². The first kappa shape index (κ1) is 13.5. The number of methoxy groups -OCH3 is 1. The van der Waals surface area contributed by atoms with E-state index in [0.29, 0.717) is 28.7 Å². The maximum atomic E-state index is 9.33. The average molecular weight is 273 g/mol. The second kappa shape index (κ2) is 6.27. The Morgan fingerprint density at radius 3 is 2.94 bits per heavy atom. The topological polar surface area (TPSA) is 47.9 Å². The Bertz CT molecular complexity index is 377. The van der Waals surface area contributed by atoms with E-state index in [1.807, 2.05) is 0 Å². The molecule has 5 heteroatoms. The maximum absolute atomic E-state index is 9.33. The second-order valence-electron chi connectivity index (χ2n) is 4.20. The van der Waals surface area contributed by atoms with Crippen LogP contribution < -0.4 is 9.47 Å². The first-order valence-corrected chi connectivity index (χ1v) is 6.34. The van der Waals surface area contributed by atoms with Gasteiger partial charge in [-0.05, 0) is 18.9 Å². The van der Waals surface area contributed by atoms with Crippen LogP contribution in [0.15, 0.2) is 12.1 Å². The summed E-state index contributed by atoms with van der Waals surface area (Å²) in [7, 11) is 1.55. The van der Waals surface area contributed by atoms with Crippen molar-refractivity contribution < 1.29 is 19.3 Å². The second-order valence-corrected chi connectivity index (χ2v) is 4.64. The molecule has 1 aromatic carbocycles. The molecule has 1 aliphatic heterocycles. The highest BCUT2D eigenvalue weighted by atomic mass is 35.5. The van der Waals surface area contributed by atoms with Gasteiger partial charge in [0.05, 0.1) is 19.8 Å². The molecular weight excluding hydrogens is 256 g/mol. The smallest absolute Gasteiger partial charge is 0.166 e. The summed E-state index contributed by atoms with van der Waals surface area (Å²) in [4.78, 5) is 0. The predicted molar refractivity (Wildman–Crippen MR) is 68.4 cm³/mol. The average Bonchev–Trinajstić information content (AvgIpc) is 2.89. The number of aliphatic hydroxyl groups excluding tert-OH is 1. The first-order valence-electron chi connectivity index (χ1n) is 5.96. The van der Waals surface area contributed by atoms with E-state index in [-0.39, 0.29) is 12.7 Å². The fourth-order valence-electron chi connectivity index (χ4n) is 2.01. The van der Waals surface area contributed by atoms with Gasteiger partial charge in [-0.2, -0.15) is 0 Å². The van der Waals surface area contributed by atoms with Crippen LogP contribution in [0.5, 0.6) is 11.5 Å². The van der Waals surface area contributed by atoms with E-state index in [2.05, 4.69) is 0 Å². The van der Waals surface area contributed by atoms with Gasteiger partial charge in [0, 0.05) is 23.3 Å². The molecule has 1 aromatic rings. The van der Waals surface area contributed by atoms with Crippen molar-refractivity contribution in [2.75, 3.05) is 20.3 Å². The molecule has 0 radical (unpaired) electrons. The summed E-state index contributed by atoms with van der Waals surface area (Å²) < 4.78 is 16.4. The lowest BCUT2D eigenvalue weighted by molar-refractivity contribution is 0.0660. The third-order valence-corrected chi connectivity index (χ3v) is 3.14. The highest BCUT2D eigenvalue weighted by Gasteiger charge is 2.19. The van der Waals surface area contributed by atoms with Crippen LogP contribution in [0, 0.1) is 0 Å². The molecule has 0 aliphatic carbocycles. The number of hydrogen-bond acceptors (Lipinski definition) is 4. The highest BCUT2D eigenvalue weighted by Crippen LogP contribution is 2.35. The highest BCUT2D eigenvalue weighted by molar-refractivity contribution is 6.30. The molecule has 0 aromatic heterocycles.